The minimum atomic E-state index is 0.614. The third-order valence-electron chi connectivity index (χ3n) is 3.91. The molecule has 0 spiro atoms. The molecule has 2 aromatic rings. The Morgan fingerprint density at radius 1 is 1.08 bits per heavy atom. The quantitative estimate of drug-likeness (QED) is 0.610. The van der Waals surface area contributed by atoms with Gasteiger partial charge >= 0.3 is 0 Å². The van der Waals surface area contributed by atoms with E-state index in [2.05, 4.69) is 72.3 Å². The highest BCUT2D eigenvalue weighted by atomic mass is 79.9. The zero-order valence-electron chi connectivity index (χ0n) is 14.9. The number of hydrogen-bond donors (Lipinski definition) is 1. The molecule has 0 heterocycles. The van der Waals surface area contributed by atoms with Crippen molar-refractivity contribution in [3.05, 3.63) is 51.5 Å². The summed E-state index contributed by atoms with van der Waals surface area (Å²) in [6.45, 7) is 10.4. The maximum absolute atomic E-state index is 5.83. The highest BCUT2D eigenvalue weighted by Crippen LogP contribution is 2.37. The van der Waals surface area contributed by atoms with Crippen LogP contribution in [0.1, 0.15) is 37.0 Å². The largest absolute Gasteiger partial charge is 0.490 e. The van der Waals surface area contributed by atoms with Crippen LogP contribution in [0.2, 0.25) is 0 Å². The summed E-state index contributed by atoms with van der Waals surface area (Å²) >= 11 is 3.62. The van der Waals surface area contributed by atoms with E-state index in [4.69, 9.17) is 9.47 Å². The molecule has 0 aliphatic carbocycles. The molecule has 2 rings (SSSR count). The summed E-state index contributed by atoms with van der Waals surface area (Å²) in [5.74, 6) is 1.58. The zero-order chi connectivity index (χ0) is 17.5. The van der Waals surface area contributed by atoms with Gasteiger partial charge in [0, 0.05) is 12.2 Å². The summed E-state index contributed by atoms with van der Waals surface area (Å²) in [7, 11) is 0. The van der Waals surface area contributed by atoms with Crippen LogP contribution in [-0.4, -0.2) is 13.2 Å². The number of ether oxygens (including phenoxy) is 2. The molecular weight excluding hydrogens is 366 g/mol. The van der Waals surface area contributed by atoms with Gasteiger partial charge in [0.1, 0.15) is 0 Å². The molecule has 0 aliphatic heterocycles. The summed E-state index contributed by atoms with van der Waals surface area (Å²) in [5.41, 5.74) is 4.88. The minimum absolute atomic E-state index is 0.614. The highest BCUT2D eigenvalue weighted by Gasteiger charge is 2.12. The van der Waals surface area contributed by atoms with E-state index < -0.39 is 0 Å². The molecule has 4 heteroatoms. The third-order valence-corrected chi connectivity index (χ3v) is 4.50. The molecule has 24 heavy (non-hydrogen) atoms. The Morgan fingerprint density at radius 2 is 1.88 bits per heavy atom. The van der Waals surface area contributed by atoms with Crippen LogP contribution in [0, 0.1) is 13.8 Å². The van der Waals surface area contributed by atoms with Gasteiger partial charge in [0.25, 0.3) is 0 Å². The fraction of sp³-hybridized carbons (Fsp3) is 0.400. The lowest BCUT2D eigenvalue weighted by Crippen LogP contribution is -2.05. The van der Waals surface area contributed by atoms with Gasteiger partial charge in [-0.05, 0) is 78.0 Å². The standard InChI is InChI=1S/C20H26BrNO2/c1-5-10-24-20-17(21)11-16(12-19(20)23-6-2)13-22-18-9-7-8-14(3)15(18)4/h7-9,11-12,22H,5-6,10,13H2,1-4H3. The average molecular weight is 392 g/mol. The van der Waals surface area contributed by atoms with Crippen molar-refractivity contribution in [1.29, 1.82) is 0 Å². The second-order valence-electron chi connectivity index (χ2n) is 5.79. The first-order valence-electron chi connectivity index (χ1n) is 8.44. The zero-order valence-corrected chi connectivity index (χ0v) is 16.5. The molecule has 0 amide bonds. The van der Waals surface area contributed by atoms with Crippen molar-refractivity contribution in [3.63, 3.8) is 0 Å². The smallest absolute Gasteiger partial charge is 0.175 e. The first kappa shape index (κ1) is 18.7. The Morgan fingerprint density at radius 3 is 2.58 bits per heavy atom. The maximum Gasteiger partial charge on any atom is 0.175 e. The Hall–Kier alpha value is -1.68. The van der Waals surface area contributed by atoms with Crippen LogP contribution in [0.25, 0.3) is 0 Å². The molecular formula is C20H26BrNO2. The van der Waals surface area contributed by atoms with E-state index in [0.29, 0.717) is 13.2 Å². The van der Waals surface area contributed by atoms with E-state index >= 15 is 0 Å². The van der Waals surface area contributed by atoms with E-state index in [1.165, 1.54) is 11.1 Å². The van der Waals surface area contributed by atoms with Crippen LogP contribution in [-0.2, 0) is 6.54 Å². The average Bonchev–Trinajstić information content (AvgIpc) is 2.56. The summed E-state index contributed by atoms with van der Waals surface area (Å²) < 4.78 is 12.5. The number of nitrogens with one attached hydrogen (secondary N) is 1. The molecule has 2 aromatic carbocycles. The molecule has 0 unspecified atom stereocenters. The fourth-order valence-electron chi connectivity index (χ4n) is 2.47. The fourth-order valence-corrected chi connectivity index (χ4v) is 3.07. The van der Waals surface area contributed by atoms with Gasteiger partial charge in [0.05, 0.1) is 17.7 Å². The number of anilines is 1. The molecule has 0 saturated carbocycles. The third kappa shape index (κ3) is 4.67. The second kappa shape index (κ2) is 8.97. The maximum atomic E-state index is 5.83. The molecule has 0 bridgehead atoms. The van der Waals surface area contributed by atoms with E-state index in [0.717, 1.165) is 40.2 Å². The monoisotopic (exact) mass is 391 g/mol. The SMILES string of the molecule is CCCOc1c(Br)cc(CNc2cccc(C)c2C)cc1OCC. The lowest BCUT2D eigenvalue weighted by Gasteiger charge is -2.16. The molecule has 1 N–H and O–H groups in total. The van der Waals surface area contributed by atoms with E-state index in [-0.39, 0.29) is 0 Å². The van der Waals surface area contributed by atoms with Crippen molar-refractivity contribution in [2.45, 2.75) is 40.7 Å². The normalized spacial score (nSPS) is 10.5. The summed E-state index contributed by atoms with van der Waals surface area (Å²) in [4.78, 5) is 0. The van der Waals surface area contributed by atoms with E-state index in [1.807, 2.05) is 6.92 Å². The Labute approximate surface area is 153 Å². The van der Waals surface area contributed by atoms with Crippen LogP contribution in [0.4, 0.5) is 5.69 Å². The number of hydrogen-bond acceptors (Lipinski definition) is 3. The van der Waals surface area contributed by atoms with Gasteiger partial charge in [-0.2, -0.15) is 0 Å². The molecule has 0 fully saturated rings. The molecule has 0 saturated heterocycles. The van der Waals surface area contributed by atoms with Crippen LogP contribution in [0.3, 0.4) is 0 Å². The van der Waals surface area contributed by atoms with E-state index in [1.54, 1.807) is 0 Å². The van der Waals surface area contributed by atoms with Gasteiger partial charge in [0.15, 0.2) is 11.5 Å². The van der Waals surface area contributed by atoms with Gasteiger partial charge in [0.2, 0.25) is 0 Å². The van der Waals surface area contributed by atoms with Crippen LogP contribution in [0.15, 0.2) is 34.8 Å². The number of aryl methyl sites for hydroxylation is 1. The van der Waals surface area contributed by atoms with Gasteiger partial charge in [-0.3, -0.25) is 0 Å². The highest BCUT2D eigenvalue weighted by molar-refractivity contribution is 9.10. The number of rotatable bonds is 8. The predicted octanol–water partition coefficient (Wildman–Crippen LogP) is 5.87. The van der Waals surface area contributed by atoms with Crippen molar-refractivity contribution >= 4 is 21.6 Å². The molecule has 0 atom stereocenters. The lowest BCUT2D eigenvalue weighted by molar-refractivity contribution is 0.275. The van der Waals surface area contributed by atoms with Crippen LogP contribution in [0.5, 0.6) is 11.5 Å². The summed E-state index contributed by atoms with van der Waals surface area (Å²) in [6, 6.07) is 10.5. The van der Waals surface area contributed by atoms with Gasteiger partial charge < -0.3 is 14.8 Å². The first-order valence-corrected chi connectivity index (χ1v) is 9.24. The summed E-state index contributed by atoms with van der Waals surface area (Å²) in [5, 5.41) is 3.51. The number of halogens is 1. The van der Waals surface area contributed by atoms with E-state index in [9.17, 15) is 0 Å². The molecule has 0 aliphatic rings. The van der Waals surface area contributed by atoms with Crippen molar-refractivity contribution < 1.29 is 9.47 Å². The Bertz CT molecular complexity index is 686. The molecule has 130 valence electrons. The topological polar surface area (TPSA) is 30.5 Å². The van der Waals surface area contributed by atoms with Gasteiger partial charge in [-0.1, -0.05) is 19.1 Å². The van der Waals surface area contributed by atoms with Gasteiger partial charge in [-0.15, -0.1) is 0 Å². The van der Waals surface area contributed by atoms with Crippen molar-refractivity contribution in [2.75, 3.05) is 18.5 Å². The lowest BCUT2D eigenvalue weighted by atomic mass is 10.1. The van der Waals surface area contributed by atoms with Crippen molar-refractivity contribution in [1.82, 2.24) is 0 Å². The van der Waals surface area contributed by atoms with Crippen LogP contribution < -0.4 is 14.8 Å². The van der Waals surface area contributed by atoms with Gasteiger partial charge in [-0.25, -0.2) is 0 Å². The minimum Gasteiger partial charge on any atom is -0.490 e. The predicted molar refractivity (Wildman–Crippen MR) is 104 cm³/mol. The number of benzene rings is 2. The molecule has 3 nitrogen and oxygen atoms in total. The first-order chi connectivity index (χ1) is 11.6. The summed E-state index contributed by atoms with van der Waals surface area (Å²) in [6.07, 6.45) is 0.966. The Kier molecular flexibility index (Phi) is 6.98. The second-order valence-corrected chi connectivity index (χ2v) is 6.64. The van der Waals surface area contributed by atoms with Crippen LogP contribution >= 0.6 is 15.9 Å². The van der Waals surface area contributed by atoms with Crippen molar-refractivity contribution in [2.24, 2.45) is 0 Å². The molecule has 0 radical (unpaired) electrons. The Balaban J connectivity index is 2.19. The van der Waals surface area contributed by atoms with Crippen molar-refractivity contribution in [3.8, 4) is 11.5 Å². The molecule has 0 aromatic heterocycles.